The molecule has 2 aromatic rings. The van der Waals surface area contributed by atoms with E-state index >= 15 is 0 Å². The summed E-state index contributed by atoms with van der Waals surface area (Å²) in [7, 11) is 0. The summed E-state index contributed by atoms with van der Waals surface area (Å²) in [6.07, 6.45) is -4.64. The van der Waals surface area contributed by atoms with E-state index in [1.54, 1.807) is 0 Å². The normalized spacial score (nSPS) is 23.8. The molecule has 0 unspecified atom stereocenters. The van der Waals surface area contributed by atoms with Crippen molar-refractivity contribution in [2.45, 2.75) is 61.9 Å². The second kappa shape index (κ2) is 11.9. The van der Waals surface area contributed by atoms with Crippen LogP contribution in [0.15, 0.2) is 28.6 Å². The number of carbonyl (C=O) groups excluding carboxylic acids is 4. The number of rotatable bonds is 7. The third kappa shape index (κ3) is 7.19. The number of nitrogens with zero attached hydrogens (tertiary/aromatic N) is 1. The highest BCUT2D eigenvalue weighted by Gasteiger charge is 2.52. The Hall–Kier alpha value is -2.61. The maximum absolute atomic E-state index is 12.0. The van der Waals surface area contributed by atoms with Crippen LogP contribution in [0.2, 0.25) is 0 Å². The second-order valence-corrected chi connectivity index (χ2v) is 10.5. The number of hydrogen-bond acceptors (Lipinski definition) is 13. The van der Waals surface area contributed by atoms with Gasteiger partial charge in [-0.3, -0.25) is 19.2 Å². The van der Waals surface area contributed by atoms with Crippen LogP contribution in [0.5, 0.6) is 0 Å². The Morgan fingerprint density at radius 1 is 0.943 bits per heavy atom. The maximum atomic E-state index is 12.0. The van der Waals surface area contributed by atoms with E-state index in [9.17, 15) is 19.2 Å². The van der Waals surface area contributed by atoms with Crippen LogP contribution in [0.25, 0.3) is 10.9 Å². The molecular formula is C22H23NO9S3. The fourth-order valence-corrected chi connectivity index (χ4v) is 6.20. The van der Waals surface area contributed by atoms with E-state index in [0.717, 1.165) is 17.1 Å². The van der Waals surface area contributed by atoms with Gasteiger partial charge in [0.15, 0.2) is 28.1 Å². The molecule has 1 aliphatic rings. The molecule has 0 aliphatic carbocycles. The summed E-state index contributed by atoms with van der Waals surface area (Å²) in [5, 5.41) is 0.818. The first kappa shape index (κ1) is 27.0. The summed E-state index contributed by atoms with van der Waals surface area (Å²) in [6.45, 7) is 4.45. The monoisotopic (exact) mass is 541 g/mol. The van der Waals surface area contributed by atoms with Gasteiger partial charge in [-0.2, -0.15) is 0 Å². The van der Waals surface area contributed by atoms with Gasteiger partial charge in [-0.1, -0.05) is 53.5 Å². The number of para-hydroxylation sites is 1. The first-order valence-corrected chi connectivity index (χ1v) is 12.5. The van der Waals surface area contributed by atoms with Gasteiger partial charge in [-0.15, -0.1) is 0 Å². The predicted octanol–water partition coefficient (Wildman–Crippen LogP) is 3.20. The second-order valence-electron chi connectivity index (χ2n) is 7.47. The first-order chi connectivity index (χ1) is 16.5. The first-order valence-electron chi connectivity index (χ1n) is 10.4. The Morgan fingerprint density at radius 2 is 1.54 bits per heavy atom. The molecule has 1 aromatic carbocycles. The van der Waals surface area contributed by atoms with Crippen molar-refractivity contribution < 1.29 is 42.9 Å². The highest BCUT2D eigenvalue weighted by atomic mass is 32.2. The average molecular weight is 542 g/mol. The van der Waals surface area contributed by atoms with Crippen molar-refractivity contribution in [3.8, 4) is 0 Å². The smallest absolute Gasteiger partial charge is 0.303 e. The van der Waals surface area contributed by atoms with Crippen molar-refractivity contribution in [3.63, 3.8) is 0 Å². The van der Waals surface area contributed by atoms with Crippen LogP contribution in [0, 0.1) is 3.82 Å². The molecule has 0 amide bonds. The molecule has 13 heteroatoms. The van der Waals surface area contributed by atoms with E-state index < -0.39 is 53.7 Å². The third-order valence-electron chi connectivity index (χ3n) is 4.68. The van der Waals surface area contributed by atoms with Crippen LogP contribution in [0.3, 0.4) is 0 Å². The minimum Gasteiger partial charge on any atom is -0.463 e. The molecule has 2 heterocycles. The zero-order valence-electron chi connectivity index (χ0n) is 19.2. The van der Waals surface area contributed by atoms with Crippen molar-refractivity contribution in [1.82, 2.24) is 4.98 Å². The van der Waals surface area contributed by atoms with Gasteiger partial charge in [-0.05, 0) is 6.07 Å². The molecule has 3 rings (SSSR count). The maximum Gasteiger partial charge on any atom is 0.303 e. The molecule has 1 aromatic heterocycles. The summed E-state index contributed by atoms with van der Waals surface area (Å²) < 4.78 is 28.6. The molecular weight excluding hydrogens is 518 g/mol. The van der Waals surface area contributed by atoms with Gasteiger partial charge in [0.25, 0.3) is 0 Å². The lowest BCUT2D eigenvalue weighted by Gasteiger charge is -2.43. The molecule has 1 saturated heterocycles. The topological polar surface area (TPSA) is 127 Å². The standard InChI is InChI=1S/C22H23NO9S3/c1-10(24)28-9-16-17(29-11(2)25)18(30-12(3)26)19(31-13(4)27)20(32-16)34-22-23-15-8-6-5-7-14(15)21(33)35-22/h5-8,16-20H,9H2,1-4H3/t16-,17-,18+,19-,20+/m1/s1. The molecule has 10 nitrogen and oxygen atoms in total. The van der Waals surface area contributed by atoms with Gasteiger partial charge in [0, 0.05) is 33.1 Å². The summed E-state index contributed by atoms with van der Waals surface area (Å²) in [4.78, 5) is 51.8. The fraction of sp³-hybridized carbons (Fsp3) is 0.455. The minimum absolute atomic E-state index is 0.296. The number of ether oxygens (including phenoxy) is 5. The number of esters is 4. The molecule has 0 bridgehead atoms. The lowest BCUT2D eigenvalue weighted by atomic mass is 9.99. The molecule has 1 aliphatic heterocycles. The zero-order chi connectivity index (χ0) is 25.7. The van der Waals surface area contributed by atoms with Crippen molar-refractivity contribution in [1.29, 1.82) is 0 Å². The zero-order valence-corrected chi connectivity index (χ0v) is 21.7. The Labute approximate surface area is 214 Å². The van der Waals surface area contributed by atoms with E-state index in [2.05, 4.69) is 4.98 Å². The third-order valence-corrected chi connectivity index (χ3v) is 7.27. The predicted molar refractivity (Wildman–Crippen MR) is 128 cm³/mol. The Morgan fingerprint density at radius 3 is 2.17 bits per heavy atom. The number of hydrogen-bond donors (Lipinski definition) is 0. The largest absolute Gasteiger partial charge is 0.463 e. The van der Waals surface area contributed by atoms with Crippen LogP contribution >= 0.6 is 35.3 Å². The van der Waals surface area contributed by atoms with Crippen LogP contribution in [-0.2, 0) is 42.9 Å². The van der Waals surface area contributed by atoms with Gasteiger partial charge in [0.1, 0.15) is 16.5 Å². The Kier molecular flexibility index (Phi) is 9.16. The highest BCUT2D eigenvalue weighted by Crippen LogP contribution is 2.39. The summed E-state index contributed by atoms with van der Waals surface area (Å²) in [6, 6.07) is 7.37. The van der Waals surface area contributed by atoms with Crippen LogP contribution in [0.4, 0.5) is 0 Å². The van der Waals surface area contributed by atoms with Crippen LogP contribution in [0.1, 0.15) is 27.7 Å². The van der Waals surface area contributed by atoms with Gasteiger partial charge >= 0.3 is 23.9 Å². The molecule has 5 atom stereocenters. The number of aromatic nitrogens is 1. The number of benzene rings is 1. The summed E-state index contributed by atoms with van der Waals surface area (Å²) in [5.41, 5.74) is -0.292. The number of fused-ring (bicyclic) bond motifs is 1. The molecule has 1 fully saturated rings. The molecule has 0 spiro atoms. The quantitative estimate of drug-likeness (QED) is 0.290. The van der Waals surface area contributed by atoms with Crippen LogP contribution < -0.4 is 0 Å². The molecule has 0 N–H and O–H groups in total. The molecule has 0 radical (unpaired) electrons. The lowest BCUT2D eigenvalue weighted by Crippen LogP contribution is -2.61. The Balaban J connectivity index is 2.03. The van der Waals surface area contributed by atoms with E-state index in [4.69, 9.17) is 35.9 Å². The van der Waals surface area contributed by atoms with E-state index in [0.29, 0.717) is 13.7 Å². The highest BCUT2D eigenvalue weighted by molar-refractivity contribution is 8.01. The van der Waals surface area contributed by atoms with Gasteiger partial charge in [0.2, 0.25) is 0 Å². The summed E-state index contributed by atoms with van der Waals surface area (Å²) in [5.74, 6) is -2.63. The van der Waals surface area contributed by atoms with Gasteiger partial charge < -0.3 is 23.7 Å². The molecule has 0 saturated carbocycles. The van der Waals surface area contributed by atoms with Crippen molar-refractivity contribution >= 4 is 70.1 Å². The average Bonchev–Trinajstić information content (AvgIpc) is 2.75. The van der Waals surface area contributed by atoms with Crippen molar-refractivity contribution in [3.05, 3.63) is 28.1 Å². The van der Waals surface area contributed by atoms with Gasteiger partial charge in [-0.25, -0.2) is 4.98 Å². The van der Waals surface area contributed by atoms with E-state index in [-0.39, 0.29) is 6.61 Å². The van der Waals surface area contributed by atoms with Gasteiger partial charge in [0.05, 0.1) is 5.52 Å². The van der Waals surface area contributed by atoms with E-state index in [1.807, 2.05) is 24.3 Å². The number of carbonyl (C=O) groups is 4. The summed E-state index contributed by atoms with van der Waals surface area (Å²) >= 11 is 7.84. The molecule has 35 heavy (non-hydrogen) atoms. The van der Waals surface area contributed by atoms with E-state index in [1.165, 1.54) is 39.0 Å². The van der Waals surface area contributed by atoms with Crippen molar-refractivity contribution in [2.75, 3.05) is 6.61 Å². The number of thioether (sulfide) groups is 1. The minimum atomic E-state index is -1.24. The lowest BCUT2D eigenvalue weighted by molar-refractivity contribution is -0.237. The SMILES string of the molecule is CC(=O)OC[C@H]1O[C@@H](Sc2nc3ccccc3c(=S)s2)[C@H](OC(C)=O)[C@@H](OC(C)=O)[C@@H]1OC(C)=O. The Bertz CT molecular complexity index is 1180. The van der Waals surface area contributed by atoms with Crippen LogP contribution in [-0.4, -0.2) is 65.3 Å². The molecule has 188 valence electrons. The van der Waals surface area contributed by atoms with Crippen molar-refractivity contribution in [2.24, 2.45) is 0 Å². The fourth-order valence-electron chi connectivity index (χ4n) is 3.43.